The molecule has 0 radical (unpaired) electrons. The van der Waals surface area contributed by atoms with Gasteiger partial charge in [-0.1, -0.05) is 6.92 Å². The smallest absolute Gasteiger partial charge is 0.234 e. The van der Waals surface area contributed by atoms with Gasteiger partial charge in [-0.25, -0.2) is 0 Å². The van der Waals surface area contributed by atoms with Gasteiger partial charge < -0.3 is 5.32 Å². The van der Waals surface area contributed by atoms with E-state index in [9.17, 15) is 4.79 Å². The maximum atomic E-state index is 11.6. The van der Waals surface area contributed by atoms with Crippen LogP contribution in [0.4, 0.5) is 0 Å². The monoisotopic (exact) mass is 239 g/mol. The summed E-state index contributed by atoms with van der Waals surface area (Å²) in [6, 6.07) is 2.46. The van der Waals surface area contributed by atoms with Crippen LogP contribution in [0, 0.1) is 16.7 Å². The quantitative estimate of drug-likeness (QED) is 0.736. The molecule has 0 aromatic carbocycles. The highest BCUT2D eigenvalue weighted by molar-refractivity contribution is 5.78. The van der Waals surface area contributed by atoms with E-state index in [0.717, 1.165) is 19.5 Å². The molecule has 4 heteroatoms. The van der Waals surface area contributed by atoms with E-state index in [1.165, 1.54) is 0 Å². The standard InChI is InChI=1S/C13H25N3O/c1-6-16(8-7-13(4,5)10-14)9-12(17)15-11(2)3/h11H,6-9H2,1-5H3,(H,15,17). The Balaban J connectivity index is 4.09. The van der Waals surface area contributed by atoms with Crippen LogP contribution in [-0.4, -0.2) is 36.5 Å². The van der Waals surface area contributed by atoms with Crippen LogP contribution in [0.2, 0.25) is 0 Å². The SMILES string of the molecule is CCN(CCC(C)(C)C#N)CC(=O)NC(C)C. The number of amides is 1. The minimum atomic E-state index is -0.318. The number of hydrogen-bond acceptors (Lipinski definition) is 3. The van der Waals surface area contributed by atoms with Gasteiger partial charge in [0.25, 0.3) is 0 Å². The van der Waals surface area contributed by atoms with E-state index in [1.807, 2.05) is 34.6 Å². The molecule has 0 rings (SSSR count). The number of rotatable bonds is 7. The lowest BCUT2D eigenvalue weighted by molar-refractivity contribution is -0.122. The Morgan fingerprint density at radius 2 is 2.06 bits per heavy atom. The number of nitriles is 1. The first-order chi connectivity index (χ1) is 7.80. The molecule has 0 fully saturated rings. The van der Waals surface area contributed by atoms with Crippen LogP contribution in [0.5, 0.6) is 0 Å². The fraction of sp³-hybridized carbons (Fsp3) is 0.846. The third-order valence-electron chi connectivity index (χ3n) is 2.62. The molecule has 0 aliphatic rings. The number of hydrogen-bond donors (Lipinski definition) is 1. The Morgan fingerprint density at radius 3 is 2.47 bits per heavy atom. The zero-order chi connectivity index (χ0) is 13.5. The highest BCUT2D eigenvalue weighted by Crippen LogP contribution is 2.18. The van der Waals surface area contributed by atoms with Gasteiger partial charge in [0.1, 0.15) is 0 Å². The predicted octanol–water partition coefficient (Wildman–Crippen LogP) is 1.77. The zero-order valence-electron chi connectivity index (χ0n) is 11.7. The Morgan fingerprint density at radius 1 is 1.47 bits per heavy atom. The molecule has 0 atom stereocenters. The van der Waals surface area contributed by atoms with Gasteiger partial charge in [0.15, 0.2) is 0 Å². The van der Waals surface area contributed by atoms with Crippen LogP contribution >= 0.6 is 0 Å². The van der Waals surface area contributed by atoms with E-state index in [4.69, 9.17) is 5.26 Å². The summed E-state index contributed by atoms with van der Waals surface area (Å²) < 4.78 is 0. The largest absolute Gasteiger partial charge is 0.353 e. The molecular formula is C13H25N3O. The van der Waals surface area contributed by atoms with Crippen molar-refractivity contribution in [2.75, 3.05) is 19.6 Å². The van der Waals surface area contributed by atoms with Crippen molar-refractivity contribution < 1.29 is 4.79 Å². The van der Waals surface area contributed by atoms with Crippen LogP contribution in [0.15, 0.2) is 0 Å². The third-order valence-corrected chi connectivity index (χ3v) is 2.62. The molecule has 0 spiro atoms. The van der Waals surface area contributed by atoms with Crippen LogP contribution in [0.1, 0.15) is 41.0 Å². The maximum Gasteiger partial charge on any atom is 0.234 e. The number of nitrogens with zero attached hydrogens (tertiary/aromatic N) is 2. The van der Waals surface area contributed by atoms with Crippen LogP contribution < -0.4 is 5.32 Å². The second kappa shape index (κ2) is 7.29. The molecule has 4 nitrogen and oxygen atoms in total. The molecule has 0 aromatic rings. The minimum absolute atomic E-state index is 0.0524. The van der Waals surface area contributed by atoms with Gasteiger partial charge in [0, 0.05) is 12.6 Å². The summed E-state index contributed by atoms with van der Waals surface area (Å²) >= 11 is 0. The molecule has 0 aromatic heterocycles. The third kappa shape index (κ3) is 7.76. The molecule has 1 N–H and O–H groups in total. The number of likely N-dealkylation sites (N-methyl/N-ethyl adjacent to an activating group) is 1. The first-order valence-electron chi connectivity index (χ1n) is 6.23. The van der Waals surface area contributed by atoms with Gasteiger partial charge in [-0.2, -0.15) is 5.26 Å². The van der Waals surface area contributed by atoms with Gasteiger partial charge in [-0.15, -0.1) is 0 Å². The lowest BCUT2D eigenvalue weighted by Gasteiger charge is -2.24. The first kappa shape index (κ1) is 15.9. The first-order valence-corrected chi connectivity index (χ1v) is 6.23. The Hall–Kier alpha value is -1.08. The molecule has 0 heterocycles. The molecule has 98 valence electrons. The molecule has 0 aliphatic heterocycles. The van der Waals surface area contributed by atoms with E-state index in [0.29, 0.717) is 6.54 Å². The fourth-order valence-corrected chi connectivity index (χ4v) is 1.41. The van der Waals surface area contributed by atoms with E-state index in [1.54, 1.807) is 0 Å². The summed E-state index contributed by atoms with van der Waals surface area (Å²) in [5.74, 6) is 0.0524. The number of carbonyl (C=O) groups excluding carboxylic acids is 1. The van der Waals surface area contributed by atoms with E-state index in [-0.39, 0.29) is 17.4 Å². The molecule has 0 saturated heterocycles. The predicted molar refractivity (Wildman–Crippen MR) is 69.4 cm³/mol. The van der Waals surface area contributed by atoms with Crippen molar-refractivity contribution in [3.8, 4) is 6.07 Å². The average Bonchev–Trinajstić information content (AvgIpc) is 2.23. The summed E-state index contributed by atoms with van der Waals surface area (Å²) in [4.78, 5) is 13.7. The normalized spacial score (nSPS) is 11.6. The minimum Gasteiger partial charge on any atom is -0.353 e. The van der Waals surface area contributed by atoms with E-state index >= 15 is 0 Å². The van der Waals surface area contributed by atoms with Crippen LogP contribution in [0.3, 0.4) is 0 Å². The molecule has 0 bridgehead atoms. The molecule has 0 saturated carbocycles. The van der Waals surface area contributed by atoms with Crippen molar-refractivity contribution in [2.24, 2.45) is 5.41 Å². The lowest BCUT2D eigenvalue weighted by Crippen LogP contribution is -2.41. The molecular weight excluding hydrogens is 214 g/mol. The Labute approximate surface area is 105 Å². The summed E-state index contributed by atoms with van der Waals surface area (Å²) in [6.45, 7) is 11.8. The van der Waals surface area contributed by atoms with Gasteiger partial charge in [-0.05, 0) is 40.7 Å². The summed E-state index contributed by atoms with van der Waals surface area (Å²) in [6.07, 6.45) is 0.784. The van der Waals surface area contributed by atoms with Crippen LogP contribution in [0.25, 0.3) is 0 Å². The highest BCUT2D eigenvalue weighted by Gasteiger charge is 2.18. The van der Waals surface area contributed by atoms with Crippen molar-refractivity contribution in [1.82, 2.24) is 10.2 Å². The summed E-state index contributed by atoms with van der Waals surface area (Å²) in [5, 5.41) is 11.8. The molecule has 1 amide bonds. The Bertz CT molecular complexity index is 279. The molecule has 0 unspecified atom stereocenters. The maximum absolute atomic E-state index is 11.6. The number of carbonyl (C=O) groups is 1. The van der Waals surface area contributed by atoms with Crippen molar-refractivity contribution in [1.29, 1.82) is 5.26 Å². The number of nitrogens with one attached hydrogen (secondary N) is 1. The van der Waals surface area contributed by atoms with Crippen molar-refractivity contribution in [3.05, 3.63) is 0 Å². The fourth-order valence-electron chi connectivity index (χ4n) is 1.41. The van der Waals surface area contributed by atoms with Crippen molar-refractivity contribution in [2.45, 2.75) is 47.1 Å². The van der Waals surface area contributed by atoms with Gasteiger partial charge in [0.05, 0.1) is 18.0 Å². The zero-order valence-corrected chi connectivity index (χ0v) is 11.7. The van der Waals surface area contributed by atoms with E-state index in [2.05, 4.69) is 16.3 Å². The van der Waals surface area contributed by atoms with Crippen molar-refractivity contribution >= 4 is 5.91 Å². The highest BCUT2D eigenvalue weighted by atomic mass is 16.2. The Kier molecular flexibility index (Phi) is 6.82. The lowest BCUT2D eigenvalue weighted by atomic mass is 9.91. The van der Waals surface area contributed by atoms with Gasteiger partial charge >= 0.3 is 0 Å². The second-order valence-electron chi connectivity index (χ2n) is 5.34. The van der Waals surface area contributed by atoms with Crippen LogP contribution in [-0.2, 0) is 4.79 Å². The van der Waals surface area contributed by atoms with Gasteiger partial charge in [0.2, 0.25) is 5.91 Å². The topological polar surface area (TPSA) is 56.1 Å². The summed E-state index contributed by atoms with van der Waals surface area (Å²) in [7, 11) is 0. The average molecular weight is 239 g/mol. The van der Waals surface area contributed by atoms with E-state index < -0.39 is 0 Å². The second-order valence-corrected chi connectivity index (χ2v) is 5.34. The molecule has 17 heavy (non-hydrogen) atoms. The van der Waals surface area contributed by atoms with Crippen molar-refractivity contribution in [3.63, 3.8) is 0 Å². The van der Waals surface area contributed by atoms with Gasteiger partial charge in [-0.3, -0.25) is 9.69 Å². The summed E-state index contributed by atoms with van der Waals surface area (Å²) in [5.41, 5.74) is -0.318. The molecule has 0 aliphatic carbocycles.